The monoisotopic (exact) mass is 480 g/mol. The molecule has 0 aromatic carbocycles. The second kappa shape index (κ2) is 8.23. The number of fused-ring (bicyclic) bond motifs is 1. The standard InChI is InChI=1S/C24H32O10/c1-7-23(4,5)22(29)30-9-14(25)32-17-13-8-12-15(20(27)33-18(12)17)16(13)21(28)34-24(6)10(2)19(26)31-11(24)3/h10-13,15-18H,7-9H2,1-6H3. The maximum absolute atomic E-state index is 13.3. The van der Waals surface area contributed by atoms with Gasteiger partial charge in [-0.3, -0.25) is 19.2 Å². The van der Waals surface area contributed by atoms with Gasteiger partial charge < -0.3 is 23.7 Å². The van der Waals surface area contributed by atoms with E-state index in [1.807, 2.05) is 6.92 Å². The Hall–Kier alpha value is -2.65. The Labute approximate surface area is 197 Å². The molecule has 188 valence electrons. The van der Waals surface area contributed by atoms with Gasteiger partial charge in [0, 0.05) is 11.8 Å². The van der Waals surface area contributed by atoms with Gasteiger partial charge in [-0.05, 0) is 47.5 Å². The quantitative estimate of drug-likeness (QED) is 0.391. The number of hydrogen-bond donors (Lipinski definition) is 0. The van der Waals surface area contributed by atoms with Crippen LogP contribution in [0.2, 0.25) is 0 Å². The van der Waals surface area contributed by atoms with E-state index < -0.39 is 89.5 Å². The van der Waals surface area contributed by atoms with Crippen LogP contribution in [0.5, 0.6) is 0 Å². The molecule has 4 rings (SSSR count). The predicted octanol–water partition coefficient (Wildman–Crippen LogP) is 1.57. The molecule has 2 aliphatic heterocycles. The molecule has 0 N–H and O–H groups in total. The Balaban J connectivity index is 1.45. The van der Waals surface area contributed by atoms with Gasteiger partial charge in [0.25, 0.3) is 0 Å². The van der Waals surface area contributed by atoms with Gasteiger partial charge in [-0.15, -0.1) is 0 Å². The van der Waals surface area contributed by atoms with Gasteiger partial charge in [-0.25, -0.2) is 4.79 Å². The minimum absolute atomic E-state index is 0.265. The molecule has 0 radical (unpaired) electrons. The van der Waals surface area contributed by atoms with E-state index in [4.69, 9.17) is 23.7 Å². The first-order valence-corrected chi connectivity index (χ1v) is 11.8. The van der Waals surface area contributed by atoms with Gasteiger partial charge in [-0.2, -0.15) is 0 Å². The number of carbonyl (C=O) groups excluding carboxylic acids is 5. The third-order valence-electron chi connectivity index (χ3n) is 8.48. The van der Waals surface area contributed by atoms with Crippen LogP contribution in [0.25, 0.3) is 0 Å². The van der Waals surface area contributed by atoms with Crippen molar-refractivity contribution in [1.82, 2.24) is 0 Å². The molecular weight excluding hydrogens is 448 g/mol. The lowest BCUT2D eigenvalue weighted by Gasteiger charge is -2.34. The minimum atomic E-state index is -1.18. The Morgan fingerprint density at radius 1 is 1.09 bits per heavy atom. The minimum Gasteiger partial charge on any atom is -0.458 e. The number of rotatable bonds is 7. The summed E-state index contributed by atoms with van der Waals surface area (Å²) in [4.78, 5) is 62.5. The fourth-order valence-electron chi connectivity index (χ4n) is 5.55. The molecule has 2 saturated heterocycles. The van der Waals surface area contributed by atoms with E-state index in [-0.39, 0.29) is 5.92 Å². The summed E-state index contributed by atoms with van der Waals surface area (Å²) in [5, 5.41) is 0. The van der Waals surface area contributed by atoms with Crippen molar-refractivity contribution in [3.8, 4) is 0 Å². The maximum Gasteiger partial charge on any atom is 0.344 e. The average molecular weight is 481 g/mol. The van der Waals surface area contributed by atoms with Crippen LogP contribution in [0.4, 0.5) is 0 Å². The van der Waals surface area contributed by atoms with Gasteiger partial charge in [0.15, 0.2) is 12.2 Å². The van der Waals surface area contributed by atoms with Gasteiger partial charge in [0.2, 0.25) is 0 Å². The number of hydrogen-bond acceptors (Lipinski definition) is 10. The van der Waals surface area contributed by atoms with E-state index in [9.17, 15) is 24.0 Å². The topological polar surface area (TPSA) is 132 Å². The molecule has 10 nitrogen and oxygen atoms in total. The van der Waals surface area contributed by atoms with Crippen molar-refractivity contribution in [2.24, 2.45) is 35.0 Å². The van der Waals surface area contributed by atoms with Crippen LogP contribution in [-0.2, 0) is 47.7 Å². The number of esters is 5. The number of ether oxygens (including phenoxy) is 5. The first-order valence-electron chi connectivity index (χ1n) is 11.8. The smallest absolute Gasteiger partial charge is 0.344 e. The van der Waals surface area contributed by atoms with Crippen molar-refractivity contribution in [2.75, 3.05) is 6.61 Å². The molecule has 4 fully saturated rings. The van der Waals surface area contributed by atoms with E-state index in [2.05, 4.69) is 0 Å². The van der Waals surface area contributed by atoms with Crippen molar-refractivity contribution >= 4 is 29.8 Å². The molecule has 0 spiro atoms. The molecule has 2 saturated carbocycles. The van der Waals surface area contributed by atoms with E-state index in [1.165, 1.54) is 0 Å². The van der Waals surface area contributed by atoms with Gasteiger partial charge in [0.1, 0.15) is 18.3 Å². The zero-order chi connectivity index (χ0) is 25.2. The zero-order valence-corrected chi connectivity index (χ0v) is 20.3. The third kappa shape index (κ3) is 3.65. The van der Waals surface area contributed by atoms with E-state index in [1.54, 1.807) is 34.6 Å². The summed E-state index contributed by atoms with van der Waals surface area (Å²) in [6.45, 7) is 9.63. The molecule has 0 amide bonds. The van der Waals surface area contributed by atoms with E-state index in [0.29, 0.717) is 12.8 Å². The molecule has 2 bridgehead atoms. The summed E-state index contributed by atoms with van der Waals surface area (Å²) in [5.41, 5.74) is -1.91. The lowest BCUT2D eigenvalue weighted by atomic mass is 9.78. The van der Waals surface area contributed by atoms with E-state index >= 15 is 0 Å². The van der Waals surface area contributed by atoms with Gasteiger partial charge in [0.05, 0.1) is 23.2 Å². The Bertz CT molecular complexity index is 925. The SMILES string of the molecule is CCC(C)(C)C(=O)OCC(=O)OC1C2CC3C1OC(=O)C3C2C(=O)OC1(C)C(C)OC(=O)C1C. The highest BCUT2D eigenvalue weighted by molar-refractivity contribution is 5.87. The number of cyclic esters (lactones) is 1. The summed E-state index contributed by atoms with van der Waals surface area (Å²) in [6, 6.07) is 0. The molecule has 10 heteroatoms. The number of carbonyl (C=O) groups is 5. The Morgan fingerprint density at radius 2 is 1.76 bits per heavy atom. The summed E-state index contributed by atoms with van der Waals surface area (Å²) < 4.78 is 27.2. The zero-order valence-electron chi connectivity index (χ0n) is 20.3. The lowest BCUT2D eigenvalue weighted by molar-refractivity contribution is -0.181. The Kier molecular flexibility index (Phi) is 5.93. The molecular formula is C24H32O10. The second-order valence-electron chi connectivity index (χ2n) is 10.7. The average Bonchev–Trinajstić information content (AvgIpc) is 3.44. The van der Waals surface area contributed by atoms with Crippen LogP contribution in [0, 0.1) is 35.0 Å². The van der Waals surface area contributed by atoms with Crippen LogP contribution in [0.1, 0.15) is 54.4 Å². The van der Waals surface area contributed by atoms with Crippen LogP contribution >= 0.6 is 0 Å². The van der Waals surface area contributed by atoms with Gasteiger partial charge in [-0.1, -0.05) is 6.92 Å². The van der Waals surface area contributed by atoms with Gasteiger partial charge >= 0.3 is 29.8 Å². The fourth-order valence-corrected chi connectivity index (χ4v) is 5.55. The molecule has 9 atom stereocenters. The largest absolute Gasteiger partial charge is 0.458 e. The van der Waals surface area contributed by atoms with Crippen molar-refractivity contribution in [3.05, 3.63) is 0 Å². The maximum atomic E-state index is 13.3. The molecule has 34 heavy (non-hydrogen) atoms. The highest BCUT2D eigenvalue weighted by Crippen LogP contribution is 2.59. The summed E-state index contributed by atoms with van der Waals surface area (Å²) in [7, 11) is 0. The predicted molar refractivity (Wildman–Crippen MR) is 113 cm³/mol. The molecule has 4 aliphatic rings. The molecule has 9 unspecified atom stereocenters. The highest BCUT2D eigenvalue weighted by Gasteiger charge is 2.71. The highest BCUT2D eigenvalue weighted by atomic mass is 16.6. The summed E-state index contributed by atoms with van der Waals surface area (Å²) >= 11 is 0. The van der Waals surface area contributed by atoms with E-state index in [0.717, 1.165) is 0 Å². The van der Waals surface area contributed by atoms with Crippen molar-refractivity contribution in [1.29, 1.82) is 0 Å². The Morgan fingerprint density at radius 3 is 2.35 bits per heavy atom. The fraction of sp³-hybridized carbons (Fsp3) is 0.792. The van der Waals surface area contributed by atoms with Crippen LogP contribution < -0.4 is 0 Å². The van der Waals surface area contributed by atoms with Crippen molar-refractivity contribution < 1.29 is 47.7 Å². The molecule has 2 heterocycles. The summed E-state index contributed by atoms with van der Waals surface area (Å²) in [5.74, 6) is -5.82. The summed E-state index contributed by atoms with van der Waals surface area (Å²) in [6.07, 6.45) is -1.10. The van der Waals surface area contributed by atoms with Crippen molar-refractivity contribution in [2.45, 2.75) is 78.3 Å². The van der Waals surface area contributed by atoms with Crippen LogP contribution in [0.3, 0.4) is 0 Å². The first-order chi connectivity index (χ1) is 15.8. The second-order valence-corrected chi connectivity index (χ2v) is 10.7. The van der Waals surface area contributed by atoms with Crippen molar-refractivity contribution in [3.63, 3.8) is 0 Å². The molecule has 0 aromatic rings. The molecule has 2 aliphatic carbocycles. The first kappa shape index (κ1) is 24.5. The third-order valence-corrected chi connectivity index (χ3v) is 8.48. The normalized spacial score (nSPS) is 40.1. The molecule has 0 aromatic heterocycles. The lowest BCUT2D eigenvalue weighted by Crippen LogP contribution is -2.49. The van der Waals surface area contributed by atoms with Crippen LogP contribution in [0.15, 0.2) is 0 Å². The van der Waals surface area contributed by atoms with Crippen LogP contribution in [-0.4, -0.2) is 60.4 Å².